The molecule has 2 aromatic heterocycles. The minimum atomic E-state index is -1.08. The molecule has 0 saturated carbocycles. The summed E-state index contributed by atoms with van der Waals surface area (Å²) in [5.41, 5.74) is 6.73. The molecule has 3 heterocycles. The Labute approximate surface area is 254 Å². The van der Waals surface area contributed by atoms with E-state index in [0.717, 1.165) is 16.7 Å². The highest BCUT2D eigenvalue weighted by molar-refractivity contribution is 7.23. The second-order valence-electron chi connectivity index (χ2n) is 10.2. The van der Waals surface area contributed by atoms with Crippen molar-refractivity contribution in [3.63, 3.8) is 0 Å². The number of ether oxygens (including phenoxy) is 4. The minimum Gasteiger partial charge on any atom is -0.810 e. The van der Waals surface area contributed by atoms with Gasteiger partial charge in [-0.05, 0) is 41.0 Å². The Morgan fingerprint density at radius 3 is 2.14 bits per heavy atom. The fourth-order valence-electron chi connectivity index (χ4n) is 5.65. The number of nitrogens with two attached hydrogens (primary N) is 1. The van der Waals surface area contributed by atoms with Crippen molar-refractivity contribution in [2.24, 2.45) is 0 Å². The fourth-order valence-corrected chi connectivity index (χ4v) is 6.02. The van der Waals surface area contributed by atoms with E-state index in [1.807, 2.05) is 78.9 Å². The van der Waals surface area contributed by atoms with Crippen molar-refractivity contribution in [3.8, 4) is 11.5 Å². The topological polar surface area (TPSA) is 147 Å². The lowest BCUT2D eigenvalue weighted by Gasteiger charge is -2.37. The Morgan fingerprint density at radius 1 is 0.932 bits per heavy atom. The third-order valence-electron chi connectivity index (χ3n) is 7.78. The van der Waals surface area contributed by atoms with Crippen molar-refractivity contribution < 1.29 is 28.4 Å². The Kier molecular flexibility index (Phi) is 8.60. The molecule has 3 aromatic carbocycles. The molecule has 1 unspecified atom stereocenters. The summed E-state index contributed by atoms with van der Waals surface area (Å²) in [6.07, 6.45) is 1.73. The predicted molar refractivity (Wildman–Crippen MR) is 162 cm³/mol. The zero-order valence-corrected chi connectivity index (χ0v) is 25.0. The number of fused-ring (bicyclic) bond motifs is 1. The maximum absolute atomic E-state index is 12.3. The van der Waals surface area contributed by atoms with E-state index in [9.17, 15) is 9.69 Å². The Balaban J connectivity index is 1.39. The summed E-state index contributed by atoms with van der Waals surface area (Å²) < 4.78 is 32.9. The number of hydrogen-bond donors (Lipinski definition) is 1. The van der Waals surface area contributed by atoms with Crippen molar-refractivity contribution >= 4 is 20.8 Å². The van der Waals surface area contributed by atoms with Crippen LogP contribution >= 0.6 is 9.03 Å². The molecular weight excluding hydrogens is 585 g/mol. The Bertz CT molecular complexity index is 1720. The van der Waals surface area contributed by atoms with Crippen molar-refractivity contribution in [1.82, 2.24) is 18.9 Å². The van der Waals surface area contributed by atoms with Crippen LogP contribution in [0.2, 0.25) is 0 Å². The molecule has 0 spiro atoms. The van der Waals surface area contributed by atoms with E-state index in [4.69, 9.17) is 29.2 Å². The number of hydrogen-bond acceptors (Lipinski definition) is 10. The van der Waals surface area contributed by atoms with Crippen molar-refractivity contribution in [2.75, 3.05) is 26.6 Å². The monoisotopic (exact) mass is 616 g/mol. The summed E-state index contributed by atoms with van der Waals surface area (Å²) in [7, 11) is 2.23. The number of aromatic nitrogens is 4. The molecule has 4 atom stereocenters. The van der Waals surface area contributed by atoms with Gasteiger partial charge in [0.25, 0.3) is 0 Å². The van der Waals surface area contributed by atoms with Gasteiger partial charge in [0.1, 0.15) is 29.4 Å². The summed E-state index contributed by atoms with van der Waals surface area (Å²) in [5, 5.41) is 0. The third kappa shape index (κ3) is 5.54. The van der Waals surface area contributed by atoms with Gasteiger partial charge in [0.15, 0.2) is 0 Å². The minimum absolute atomic E-state index is 0.0644. The normalized spacial score (nSPS) is 18.8. The van der Waals surface area contributed by atoms with Crippen LogP contribution in [0.3, 0.4) is 0 Å². The third-order valence-corrected chi connectivity index (χ3v) is 8.18. The van der Waals surface area contributed by atoms with Gasteiger partial charge >= 0.3 is 5.69 Å². The first-order valence-electron chi connectivity index (χ1n) is 13.9. The maximum atomic E-state index is 12.3. The van der Waals surface area contributed by atoms with Crippen LogP contribution in [0.1, 0.15) is 29.3 Å². The molecule has 0 radical (unpaired) electrons. The van der Waals surface area contributed by atoms with Gasteiger partial charge in [0, 0.05) is 18.8 Å². The van der Waals surface area contributed by atoms with Crippen LogP contribution in [0, 0.1) is 0 Å². The first-order valence-corrected chi connectivity index (χ1v) is 14.7. The van der Waals surface area contributed by atoms with Gasteiger partial charge < -0.3 is 34.1 Å². The second-order valence-corrected chi connectivity index (χ2v) is 10.6. The highest BCUT2D eigenvalue weighted by atomic mass is 31.1. The molecular formula is C31H31N5O7P-. The number of anilines is 1. The Hall–Kier alpha value is -4.32. The SMILES string of the molecule is COc1ccc(C(OC[C@H]2O[C@@H](n3ccn4c(=O)nc(N)nc34)C[C@@H]2OP[O-])(c2ccccc2)c2ccc(OC)cc2)cc1. The van der Waals surface area contributed by atoms with Crippen molar-refractivity contribution in [3.05, 3.63) is 118 Å². The highest BCUT2D eigenvalue weighted by Gasteiger charge is 2.43. The molecule has 12 nitrogen and oxygen atoms in total. The quantitative estimate of drug-likeness (QED) is 0.173. The predicted octanol–water partition coefficient (Wildman–Crippen LogP) is 3.04. The smallest absolute Gasteiger partial charge is 0.357 e. The lowest BCUT2D eigenvalue weighted by molar-refractivity contribution is -0.176. The van der Waals surface area contributed by atoms with Crippen LogP contribution in [0.4, 0.5) is 5.95 Å². The van der Waals surface area contributed by atoms with E-state index in [0.29, 0.717) is 17.9 Å². The van der Waals surface area contributed by atoms with E-state index < -0.39 is 38.8 Å². The molecule has 1 aliphatic rings. The number of benzene rings is 3. The molecule has 228 valence electrons. The molecule has 1 aliphatic heterocycles. The van der Waals surface area contributed by atoms with Crippen LogP contribution in [0.25, 0.3) is 5.78 Å². The van der Waals surface area contributed by atoms with Crippen molar-refractivity contribution in [2.45, 2.75) is 30.5 Å². The lowest BCUT2D eigenvalue weighted by Crippen LogP contribution is -2.38. The average Bonchev–Trinajstić information content (AvgIpc) is 3.66. The second kappa shape index (κ2) is 12.7. The zero-order valence-electron chi connectivity index (χ0n) is 24.0. The maximum Gasteiger partial charge on any atom is 0.357 e. The zero-order chi connectivity index (χ0) is 30.7. The highest BCUT2D eigenvalue weighted by Crippen LogP contribution is 2.43. The number of nitrogen functional groups attached to an aromatic ring is 1. The Morgan fingerprint density at radius 2 is 1.55 bits per heavy atom. The van der Waals surface area contributed by atoms with Crippen LogP contribution < -0.4 is 25.8 Å². The largest absolute Gasteiger partial charge is 0.810 e. The van der Waals surface area contributed by atoms with Gasteiger partial charge in [-0.1, -0.05) is 63.6 Å². The van der Waals surface area contributed by atoms with Gasteiger partial charge in [0.2, 0.25) is 11.7 Å². The molecule has 6 rings (SSSR count). The van der Waals surface area contributed by atoms with E-state index in [2.05, 4.69) is 9.97 Å². The van der Waals surface area contributed by atoms with E-state index in [-0.39, 0.29) is 18.3 Å². The number of nitrogens with zero attached hydrogens (tertiary/aromatic N) is 4. The van der Waals surface area contributed by atoms with Crippen LogP contribution in [0.5, 0.6) is 11.5 Å². The standard InChI is InChI=1S/C31H31N5O7P/c1-39-23-12-8-21(9-13-23)31(20-6-4-3-5-7-20,22-10-14-24(40-2)15-11-22)41-19-26-25(43-44-38)18-27(42-26)35-16-17-36-29(35)33-28(32)34-30(36)37/h3-17,25-27,44H,18-19H2,1-2H3,(H2,32,34,37)/q-1/t25-,26+,27+/m0/s1. The number of imidazole rings is 1. The van der Waals surface area contributed by atoms with Crippen LogP contribution in [-0.2, 0) is 19.6 Å². The first kappa shape index (κ1) is 29.7. The molecule has 5 aromatic rings. The summed E-state index contributed by atoms with van der Waals surface area (Å²) in [4.78, 5) is 32.0. The van der Waals surface area contributed by atoms with Crippen LogP contribution in [0.15, 0.2) is 96.1 Å². The molecule has 2 N–H and O–H groups in total. The molecule has 13 heteroatoms. The van der Waals surface area contributed by atoms with Gasteiger partial charge in [-0.25, -0.2) is 9.20 Å². The summed E-state index contributed by atoms with van der Waals surface area (Å²) >= 11 is 0. The number of methoxy groups -OCH3 is 2. The van der Waals surface area contributed by atoms with Gasteiger partial charge in [-0.3, -0.25) is 4.57 Å². The van der Waals surface area contributed by atoms with E-state index in [1.165, 1.54) is 4.40 Å². The van der Waals surface area contributed by atoms with E-state index >= 15 is 0 Å². The van der Waals surface area contributed by atoms with E-state index in [1.54, 1.807) is 31.2 Å². The summed E-state index contributed by atoms with van der Waals surface area (Å²) in [5.74, 6) is 1.54. The number of rotatable bonds is 11. The molecule has 0 amide bonds. The van der Waals surface area contributed by atoms with Gasteiger partial charge in [-0.15, -0.1) is 0 Å². The molecule has 1 fully saturated rings. The molecule has 1 saturated heterocycles. The van der Waals surface area contributed by atoms with Crippen LogP contribution in [-0.4, -0.2) is 52.0 Å². The van der Waals surface area contributed by atoms with Gasteiger partial charge in [0.05, 0.1) is 26.9 Å². The molecule has 44 heavy (non-hydrogen) atoms. The van der Waals surface area contributed by atoms with Gasteiger partial charge in [-0.2, -0.15) is 9.97 Å². The molecule has 0 bridgehead atoms. The fraction of sp³-hybridized carbons (Fsp3) is 0.258. The summed E-state index contributed by atoms with van der Waals surface area (Å²) in [6, 6.07) is 25.3. The molecule has 0 aliphatic carbocycles. The van der Waals surface area contributed by atoms with Crippen molar-refractivity contribution in [1.29, 1.82) is 0 Å². The average molecular weight is 617 g/mol. The first-order chi connectivity index (χ1) is 21.5. The summed E-state index contributed by atoms with van der Waals surface area (Å²) in [6.45, 7) is 0.0644. The lowest BCUT2D eigenvalue weighted by atomic mass is 9.80.